The van der Waals surface area contributed by atoms with Gasteiger partial charge in [0.15, 0.2) is 11.5 Å². The summed E-state index contributed by atoms with van der Waals surface area (Å²) in [5.41, 5.74) is 6.46. The van der Waals surface area contributed by atoms with Crippen LogP contribution in [0.2, 0.25) is 0 Å². The van der Waals surface area contributed by atoms with Crippen molar-refractivity contribution >= 4 is 5.91 Å². The molecule has 0 heterocycles. The zero-order valence-corrected chi connectivity index (χ0v) is 11.9. The molecule has 2 atom stereocenters. The number of nitrogens with two attached hydrogens (primary N) is 1. The first-order valence-electron chi connectivity index (χ1n) is 6.36. The molecule has 5 heteroatoms. The zero-order valence-electron chi connectivity index (χ0n) is 11.9. The molecular weight excluding hydrogens is 244 g/mol. The van der Waals surface area contributed by atoms with Crippen molar-refractivity contribution in [2.45, 2.75) is 32.9 Å². The Balaban J connectivity index is 2.86. The average Bonchev–Trinajstić information content (AvgIpc) is 2.39. The summed E-state index contributed by atoms with van der Waals surface area (Å²) in [6.45, 7) is 6.04. The second-order valence-electron chi connectivity index (χ2n) is 4.36. The van der Waals surface area contributed by atoms with Gasteiger partial charge in [0.05, 0.1) is 25.8 Å². The summed E-state index contributed by atoms with van der Waals surface area (Å²) in [6.07, 6.45) is 0. The van der Waals surface area contributed by atoms with Crippen molar-refractivity contribution < 1.29 is 14.3 Å². The molecule has 1 rings (SSSR count). The minimum absolute atomic E-state index is 0.136. The Kier molecular flexibility index (Phi) is 5.63. The number of carbonyl (C=O) groups is 1. The Morgan fingerprint density at radius 3 is 2.58 bits per heavy atom. The molecule has 1 aromatic rings. The summed E-state index contributed by atoms with van der Waals surface area (Å²) in [6, 6.07) is 4.94. The molecule has 0 saturated heterocycles. The number of amides is 1. The lowest BCUT2D eigenvalue weighted by molar-refractivity contribution is -0.122. The molecule has 0 bridgehead atoms. The second kappa shape index (κ2) is 6.99. The van der Waals surface area contributed by atoms with Gasteiger partial charge in [-0.3, -0.25) is 4.79 Å². The standard InChI is InChI=1S/C14H22N2O3/c1-5-19-12-7-6-11(8-13(12)18-4)10(3)16-14(17)9(2)15/h6-10H,5,15H2,1-4H3,(H,16,17)/t9-,10?/m1/s1. The Bertz CT molecular complexity index is 433. The summed E-state index contributed by atoms with van der Waals surface area (Å²) < 4.78 is 10.7. The summed E-state index contributed by atoms with van der Waals surface area (Å²) in [7, 11) is 1.59. The third-order valence-electron chi connectivity index (χ3n) is 2.76. The summed E-state index contributed by atoms with van der Waals surface area (Å²) in [5.74, 6) is 1.17. The molecule has 1 unspecified atom stereocenters. The van der Waals surface area contributed by atoms with E-state index in [4.69, 9.17) is 15.2 Å². The van der Waals surface area contributed by atoms with E-state index in [9.17, 15) is 4.79 Å². The number of nitrogens with one attached hydrogen (secondary N) is 1. The van der Waals surface area contributed by atoms with Gasteiger partial charge in [-0.05, 0) is 38.5 Å². The number of methoxy groups -OCH3 is 1. The van der Waals surface area contributed by atoms with E-state index in [1.807, 2.05) is 32.0 Å². The Morgan fingerprint density at radius 2 is 2.05 bits per heavy atom. The number of benzene rings is 1. The summed E-state index contributed by atoms with van der Waals surface area (Å²) >= 11 is 0. The molecule has 1 aromatic carbocycles. The van der Waals surface area contributed by atoms with Crippen molar-refractivity contribution in [2.75, 3.05) is 13.7 Å². The van der Waals surface area contributed by atoms with Gasteiger partial charge in [0.2, 0.25) is 5.91 Å². The van der Waals surface area contributed by atoms with E-state index in [1.165, 1.54) is 0 Å². The normalized spacial score (nSPS) is 13.5. The number of hydrogen-bond acceptors (Lipinski definition) is 4. The van der Waals surface area contributed by atoms with E-state index < -0.39 is 6.04 Å². The predicted octanol–water partition coefficient (Wildman–Crippen LogP) is 1.62. The van der Waals surface area contributed by atoms with Gasteiger partial charge in [-0.15, -0.1) is 0 Å². The highest BCUT2D eigenvalue weighted by atomic mass is 16.5. The van der Waals surface area contributed by atoms with Gasteiger partial charge in [-0.2, -0.15) is 0 Å². The largest absolute Gasteiger partial charge is 0.493 e. The maximum absolute atomic E-state index is 11.6. The fraction of sp³-hybridized carbons (Fsp3) is 0.500. The van der Waals surface area contributed by atoms with Crippen LogP contribution in [0.5, 0.6) is 11.5 Å². The minimum Gasteiger partial charge on any atom is -0.493 e. The van der Waals surface area contributed by atoms with Crippen LogP contribution in [-0.2, 0) is 4.79 Å². The van der Waals surface area contributed by atoms with E-state index in [2.05, 4.69) is 5.32 Å². The quantitative estimate of drug-likeness (QED) is 0.820. The maximum Gasteiger partial charge on any atom is 0.237 e. The number of hydrogen-bond donors (Lipinski definition) is 2. The first-order valence-corrected chi connectivity index (χ1v) is 6.36. The SMILES string of the molecule is CCOc1ccc(C(C)NC(=O)[C@@H](C)N)cc1OC. The minimum atomic E-state index is -0.521. The van der Waals surface area contributed by atoms with Gasteiger partial charge in [0.25, 0.3) is 0 Å². The van der Waals surface area contributed by atoms with E-state index in [1.54, 1.807) is 14.0 Å². The van der Waals surface area contributed by atoms with Crippen LogP contribution in [0.3, 0.4) is 0 Å². The maximum atomic E-state index is 11.6. The Morgan fingerprint density at radius 1 is 1.37 bits per heavy atom. The highest BCUT2D eigenvalue weighted by Gasteiger charge is 2.14. The molecule has 19 heavy (non-hydrogen) atoms. The predicted molar refractivity (Wildman–Crippen MR) is 74.4 cm³/mol. The number of carbonyl (C=O) groups excluding carboxylic acids is 1. The molecule has 0 aliphatic rings. The first-order chi connectivity index (χ1) is 8.99. The molecular formula is C14H22N2O3. The molecule has 0 fully saturated rings. The molecule has 3 N–H and O–H groups in total. The van der Waals surface area contributed by atoms with Gasteiger partial charge in [-0.1, -0.05) is 6.07 Å². The fourth-order valence-corrected chi connectivity index (χ4v) is 1.66. The highest BCUT2D eigenvalue weighted by molar-refractivity contribution is 5.81. The first kappa shape index (κ1) is 15.3. The molecule has 0 radical (unpaired) electrons. The van der Waals surface area contributed by atoms with Crippen molar-refractivity contribution in [3.05, 3.63) is 23.8 Å². The average molecular weight is 266 g/mol. The van der Waals surface area contributed by atoms with Crippen LogP contribution in [0.1, 0.15) is 32.4 Å². The molecule has 0 spiro atoms. The molecule has 0 saturated carbocycles. The van der Waals surface area contributed by atoms with Crippen molar-refractivity contribution in [1.29, 1.82) is 0 Å². The van der Waals surface area contributed by atoms with E-state index >= 15 is 0 Å². The van der Waals surface area contributed by atoms with Gasteiger partial charge in [0, 0.05) is 0 Å². The van der Waals surface area contributed by atoms with Gasteiger partial charge in [-0.25, -0.2) is 0 Å². The van der Waals surface area contributed by atoms with Crippen molar-refractivity contribution in [1.82, 2.24) is 5.32 Å². The van der Waals surface area contributed by atoms with Crippen molar-refractivity contribution in [2.24, 2.45) is 5.73 Å². The van der Waals surface area contributed by atoms with Crippen LogP contribution in [-0.4, -0.2) is 25.7 Å². The summed E-state index contributed by atoms with van der Waals surface area (Å²) in [5, 5.41) is 2.84. The highest BCUT2D eigenvalue weighted by Crippen LogP contribution is 2.30. The molecule has 0 aliphatic heterocycles. The van der Waals surface area contributed by atoms with Gasteiger partial charge < -0.3 is 20.5 Å². The van der Waals surface area contributed by atoms with Crippen molar-refractivity contribution in [3.63, 3.8) is 0 Å². The smallest absolute Gasteiger partial charge is 0.237 e. The molecule has 5 nitrogen and oxygen atoms in total. The third-order valence-corrected chi connectivity index (χ3v) is 2.76. The molecule has 0 aromatic heterocycles. The van der Waals surface area contributed by atoms with Crippen LogP contribution in [0.4, 0.5) is 0 Å². The lowest BCUT2D eigenvalue weighted by atomic mass is 10.1. The van der Waals surface area contributed by atoms with E-state index in [-0.39, 0.29) is 11.9 Å². The summed E-state index contributed by atoms with van der Waals surface area (Å²) in [4.78, 5) is 11.6. The van der Waals surface area contributed by atoms with E-state index in [0.717, 1.165) is 5.56 Å². The van der Waals surface area contributed by atoms with Gasteiger partial charge >= 0.3 is 0 Å². The fourth-order valence-electron chi connectivity index (χ4n) is 1.66. The van der Waals surface area contributed by atoms with Crippen LogP contribution in [0.15, 0.2) is 18.2 Å². The molecule has 106 valence electrons. The van der Waals surface area contributed by atoms with Gasteiger partial charge in [0.1, 0.15) is 0 Å². The monoisotopic (exact) mass is 266 g/mol. The van der Waals surface area contributed by atoms with Crippen molar-refractivity contribution in [3.8, 4) is 11.5 Å². The second-order valence-corrected chi connectivity index (χ2v) is 4.36. The third kappa shape index (κ3) is 4.13. The topological polar surface area (TPSA) is 73.6 Å². The van der Waals surface area contributed by atoms with Crippen LogP contribution < -0.4 is 20.5 Å². The van der Waals surface area contributed by atoms with Crippen LogP contribution in [0.25, 0.3) is 0 Å². The Labute approximate surface area is 114 Å². The van der Waals surface area contributed by atoms with E-state index in [0.29, 0.717) is 18.1 Å². The Hall–Kier alpha value is -1.75. The molecule has 1 amide bonds. The number of rotatable bonds is 6. The lowest BCUT2D eigenvalue weighted by Gasteiger charge is -2.18. The zero-order chi connectivity index (χ0) is 14.4. The number of ether oxygens (including phenoxy) is 2. The van der Waals surface area contributed by atoms with Crippen LogP contribution >= 0.6 is 0 Å². The lowest BCUT2D eigenvalue weighted by Crippen LogP contribution is -2.39. The van der Waals surface area contributed by atoms with Crippen LogP contribution in [0, 0.1) is 0 Å². The molecule has 0 aliphatic carbocycles.